The predicted octanol–water partition coefficient (Wildman–Crippen LogP) is 0.909. The summed E-state index contributed by atoms with van der Waals surface area (Å²) in [7, 11) is 0. The Hall–Kier alpha value is -0.160. The van der Waals surface area contributed by atoms with Crippen molar-refractivity contribution in [3.8, 4) is 0 Å². The maximum Gasteiger partial charge on any atom is 0.218 e. The number of hydrogen-bond donors (Lipinski definition) is 2. The van der Waals surface area contributed by atoms with Crippen molar-refractivity contribution >= 4 is 0 Å². The molecule has 2 unspecified atom stereocenters. The van der Waals surface area contributed by atoms with Crippen LogP contribution in [0.2, 0.25) is 0 Å². The maximum absolute atomic E-state index is 9.48. The topological polar surface area (TPSA) is 58.9 Å². The van der Waals surface area contributed by atoms with Gasteiger partial charge in [0, 0.05) is 6.61 Å². The average molecular weight is 206 g/mol. The zero-order chi connectivity index (χ0) is 11.0. The van der Waals surface area contributed by atoms with Gasteiger partial charge < -0.3 is 19.7 Å². The highest BCUT2D eigenvalue weighted by molar-refractivity contribution is 4.75. The Labute approximate surface area is 85.8 Å². The van der Waals surface area contributed by atoms with Gasteiger partial charge in [0.15, 0.2) is 0 Å². The Morgan fingerprint density at radius 3 is 2.29 bits per heavy atom. The van der Waals surface area contributed by atoms with Crippen molar-refractivity contribution in [1.29, 1.82) is 0 Å². The molecule has 4 nitrogen and oxygen atoms in total. The molecule has 86 valence electrons. The number of unbranched alkanes of at least 4 members (excludes halogenated alkanes) is 1. The quantitative estimate of drug-likeness (QED) is 0.458. The summed E-state index contributed by atoms with van der Waals surface area (Å²) in [6, 6.07) is 0. The maximum atomic E-state index is 9.48. The van der Waals surface area contributed by atoms with E-state index in [0.29, 0.717) is 13.2 Å². The van der Waals surface area contributed by atoms with Gasteiger partial charge in [-0.2, -0.15) is 0 Å². The molecule has 2 N–H and O–H groups in total. The van der Waals surface area contributed by atoms with Crippen LogP contribution in [0, 0.1) is 0 Å². The van der Waals surface area contributed by atoms with E-state index in [2.05, 4.69) is 0 Å². The van der Waals surface area contributed by atoms with Gasteiger partial charge >= 0.3 is 0 Å². The average Bonchev–Trinajstić information content (AvgIpc) is 2.16. The minimum Gasteiger partial charge on any atom is -0.391 e. The van der Waals surface area contributed by atoms with Gasteiger partial charge in [-0.25, -0.2) is 0 Å². The van der Waals surface area contributed by atoms with E-state index in [1.54, 1.807) is 13.8 Å². The number of aliphatic hydroxyl groups excluding tert-OH is 2. The van der Waals surface area contributed by atoms with Crippen LogP contribution < -0.4 is 0 Å². The van der Waals surface area contributed by atoms with E-state index in [9.17, 15) is 5.11 Å². The van der Waals surface area contributed by atoms with E-state index >= 15 is 0 Å². The molecule has 0 amide bonds. The van der Waals surface area contributed by atoms with Gasteiger partial charge in [-0.3, -0.25) is 0 Å². The number of ether oxygens (including phenoxy) is 2. The van der Waals surface area contributed by atoms with Crippen LogP contribution in [0.3, 0.4) is 0 Å². The highest BCUT2D eigenvalue weighted by Crippen LogP contribution is 2.18. The molecular weight excluding hydrogens is 184 g/mol. The van der Waals surface area contributed by atoms with Crippen LogP contribution >= 0.6 is 0 Å². The third-order valence-corrected chi connectivity index (χ3v) is 2.09. The molecule has 14 heavy (non-hydrogen) atoms. The van der Waals surface area contributed by atoms with E-state index in [1.807, 2.05) is 6.92 Å². The fourth-order valence-electron chi connectivity index (χ4n) is 1.14. The molecular formula is C10H22O4. The lowest BCUT2D eigenvalue weighted by Gasteiger charge is -2.34. The van der Waals surface area contributed by atoms with Crippen LogP contribution in [-0.4, -0.2) is 41.9 Å². The van der Waals surface area contributed by atoms with Crippen molar-refractivity contribution in [2.45, 2.75) is 45.5 Å². The van der Waals surface area contributed by atoms with Crippen LogP contribution in [0.25, 0.3) is 0 Å². The van der Waals surface area contributed by atoms with Crippen LogP contribution in [0.15, 0.2) is 0 Å². The lowest BCUT2D eigenvalue weighted by atomic mass is 10.1. The molecule has 0 saturated carbocycles. The summed E-state index contributed by atoms with van der Waals surface area (Å²) in [6.45, 7) is 5.96. The summed E-state index contributed by atoms with van der Waals surface area (Å²) in [6.07, 6.45) is 1.05. The normalized spacial score (nSPS) is 17.8. The first-order valence-electron chi connectivity index (χ1n) is 5.19. The van der Waals surface area contributed by atoms with Gasteiger partial charge in [0.2, 0.25) is 5.79 Å². The van der Waals surface area contributed by atoms with Crippen molar-refractivity contribution < 1.29 is 19.7 Å². The Morgan fingerprint density at radius 2 is 1.93 bits per heavy atom. The first-order chi connectivity index (χ1) is 6.63. The van der Waals surface area contributed by atoms with Crippen LogP contribution in [0.1, 0.15) is 33.6 Å². The highest BCUT2D eigenvalue weighted by atomic mass is 16.7. The summed E-state index contributed by atoms with van der Waals surface area (Å²) < 4.78 is 10.7. The van der Waals surface area contributed by atoms with Gasteiger partial charge in [-0.05, 0) is 20.3 Å². The predicted molar refractivity (Wildman–Crippen MR) is 54.0 cm³/mol. The molecule has 0 rings (SSSR count). The number of aliphatic hydroxyl groups is 2. The zero-order valence-corrected chi connectivity index (χ0v) is 9.32. The molecule has 0 radical (unpaired) electrons. The summed E-state index contributed by atoms with van der Waals surface area (Å²) in [5, 5.41) is 18.7. The molecule has 0 saturated heterocycles. The lowest BCUT2D eigenvalue weighted by molar-refractivity contribution is -0.292. The molecule has 4 heteroatoms. The molecule has 0 fully saturated rings. The Morgan fingerprint density at radius 1 is 1.29 bits per heavy atom. The fourth-order valence-corrected chi connectivity index (χ4v) is 1.14. The van der Waals surface area contributed by atoms with Crippen LogP contribution in [0.4, 0.5) is 0 Å². The molecule has 0 aliphatic carbocycles. The van der Waals surface area contributed by atoms with Crippen molar-refractivity contribution in [3.05, 3.63) is 0 Å². The molecule has 0 aliphatic heterocycles. The third kappa shape index (κ3) is 3.92. The molecule has 0 aromatic rings. The summed E-state index contributed by atoms with van der Waals surface area (Å²) >= 11 is 0. The smallest absolute Gasteiger partial charge is 0.218 e. The summed E-state index contributed by atoms with van der Waals surface area (Å²) in [5.41, 5.74) is 0. The fraction of sp³-hybridized carbons (Fsp3) is 1.00. The van der Waals surface area contributed by atoms with Gasteiger partial charge in [-0.1, -0.05) is 13.3 Å². The van der Waals surface area contributed by atoms with E-state index in [0.717, 1.165) is 12.8 Å². The van der Waals surface area contributed by atoms with Crippen molar-refractivity contribution in [3.63, 3.8) is 0 Å². The molecule has 0 aromatic heterocycles. The first kappa shape index (κ1) is 13.8. The standard InChI is InChI=1S/C10H22O4/c1-4-6-7-14-10(8-11,9(3)12)13-5-2/h9,11-12H,4-8H2,1-3H3. The summed E-state index contributed by atoms with van der Waals surface area (Å²) in [4.78, 5) is 0. The lowest BCUT2D eigenvalue weighted by Crippen LogP contribution is -2.49. The second-order valence-corrected chi connectivity index (χ2v) is 3.28. The third-order valence-electron chi connectivity index (χ3n) is 2.09. The molecule has 2 atom stereocenters. The number of hydrogen-bond acceptors (Lipinski definition) is 4. The van der Waals surface area contributed by atoms with Gasteiger partial charge in [-0.15, -0.1) is 0 Å². The molecule has 0 heterocycles. The van der Waals surface area contributed by atoms with Gasteiger partial charge in [0.25, 0.3) is 0 Å². The Balaban J connectivity index is 4.19. The van der Waals surface area contributed by atoms with Crippen molar-refractivity contribution in [1.82, 2.24) is 0 Å². The van der Waals surface area contributed by atoms with Crippen molar-refractivity contribution in [2.75, 3.05) is 19.8 Å². The molecule has 0 aliphatic rings. The second-order valence-electron chi connectivity index (χ2n) is 3.28. The van der Waals surface area contributed by atoms with Crippen molar-refractivity contribution in [2.24, 2.45) is 0 Å². The van der Waals surface area contributed by atoms with E-state index in [1.165, 1.54) is 0 Å². The van der Waals surface area contributed by atoms with E-state index in [4.69, 9.17) is 14.6 Å². The molecule has 0 aromatic carbocycles. The SMILES string of the molecule is CCCCOC(CO)(OCC)C(C)O. The van der Waals surface area contributed by atoms with Crippen LogP contribution in [-0.2, 0) is 9.47 Å². The minimum absolute atomic E-state index is 0.331. The minimum atomic E-state index is -1.25. The Bertz CT molecular complexity index is 138. The first-order valence-corrected chi connectivity index (χ1v) is 5.19. The second kappa shape index (κ2) is 7.17. The zero-order valence-electron chi connectivity index (χ0n) is 9.32. The van der Waals surface area contributed by atoms with E-state index < -0.39 is 11.9 Å². The summed E-state index contributed by atoms with van der Waals surface area (Å²) in [5.74, 6) is -1.25. The highest BCUT2D eigenvalue weighted by Gasteiger charge is 2.36. The molecule has 0 spiro atoms. The Kier molecular flexibility index (Phi) is 7.09. The largest absolute Gasteiger partial charge is 0.391 e. The van der Waals surface area contributed by atoms with Crippen LogP contribution in [0.5, 0.6) is 0 Å². The number of rotatable bonds is 8. The molecule has 0 bridgehead atoms. The van der Waals surface area contributed by atoms with Gasteiger partial charge in [0.05, 0.1) is 13.2 Å². The monoisotopic (exact) mass is 206 g/mol. The van der Waals surface area contributed by atoms with Gasteiger partial charge in [0.1, 0.15) is 6.10 Å². The van der Waals surface area contributed by atoms with E-state index in [-0.39, 0.29) is 6.61 Å².